The number of phenols is 2. The summed E-state index contributed by atoms with van der Waals surface area (Å²) in [6.45, 7) is 0. The lowest BCUT2D eigenvalue weighted by molar-refractivity contribution is 0.474. The average Bonchev–Trinajstić information content (AvgIpc) is 2.75. The molecule has 2 N–H and O–H groups in total. The van der Waals surface area contributed by atoms with Crippen molar-refractivity contribution < 1.29 is 10.2 Å². The zero-order chi connectivity index (χ0) is 19.8. The monoisotopic (exact) mass is 395 g/mol. The molecule has 0 amide bonds. The summed E-state index contributed by atoms with van der Waals surface area (Å²) in [4.78, 5) is 3.44. The molecule has 0 aliphatic rings. The lowest BCUT2D eigenvalue weighted by Crippen LogP contribution is -2.04. The lowest BCUT2D eigenvalue weighted by atomic mass is 10.0. The highest BCUT2D eigenvalue weighted by molar-refractivity contribution is 7.97. The van der Waals surface area contributed by atoms with Crippen molar-refractivity contribution in [2.75, 3.05) is 0 Å². The summed E-state index contributed by atoms with van der Waals surface area (Å²) in [6.07, 6.45) is 0. The second-order valence-corrected chi connectivity index (χ2v) is 9.03. The molecule has 0 heterocycles. The van der Waals surface area contributed by atoms with Crippen molar-refractivity contribution in [1.82, 2.24) is 0 Å². The minimum atomic E-state index is -0.343. The van der Waals surface area contributed by atoms with Crippen LogP contribution in [0.1, 0.15) is 0 Å². The SMILES string of the molecule is Oc1ccc([S+](c2ccc(O)cc2)c2ccc3cc4ccccc4cc3c2)cc1. The van der Waals surface area contributed by atoms with Crippen LogP contribution in [-0.2, 0) is 10.9 Å². The minimum Gasteiger partial charge on any atom is -0.508 e. The standard InChI is InChI=1S/C26H18O2S/c27-22-6-11-24(12-7-22)29(25-13-8-23(28)9-14-25)26-10-5-20-15-18-3-1-2-4-19(18)16-21(20)17-26/h1-17H,(H-,27,28)/p+1. The molecule has 0 fully saturated rings. The summed E-state index contributed by atoms with van der Waals surface area (Å²) in [5, 5.41) is 24.3. The van der Waals surface area contributed by atoms with Gasteiger partial charge in [0, 0.05) is 6.07 Å². The number of benzene rings is 5. The first-order chi connectivity index (χ1) is 14.2. The van der Waals surface area contributed by atoms with Crippen LogP contribution in [0.5, 0.6) is 11.5 Å². The zero-order valence-corrected chi connectivity index (χ0v) is 16.4. The number of phenolic OH excluding ortho intramolecular Hbond substituents is 2. The van der Waals surface area contributed by atoms with Gasteiger partial charge in [-0.1, -0.05) is 24.3 Å². The molecule has 0 spiro atoms. The third kappa shape index (κ3) is 3.41. The van der Waals surface area contributed by atoms with Crippen molar-refractivity contribution in [2.24, 2.45) is 0 Å². The van der Waals surface area contributed by atoms with E-state index < -0.39 is 0 Å². The van der Waals surface area contributed by atoms with E-state index in [2.05, 4.69) is 54.6 Å². The van der Waals surface area contributed by atoms with Crippen LogP contribution < -0.4 is 0 Å². The van der Waals surface area contributed by atoms with E-state index in [9.17, 15) is 10.2 Å². The van der Waals surface area contributed by atoms with E-state index in [-0.39, 0.29) is 22.4 Å². The molecule has 0 saturated heterocycles. The van der Waals surface area contributed by atoms with E-state index in [4.69, 9.17) is 0 Å². The van der Waals surface area contributed by atoms with Crippen LogP contribution in [0.15, 0.2) is 118 Å². The molecule has 0 atom stereocenters. The van der Waals surface area contributed by atoms with Gasteiger partial charge in [0.25, 0.3) is 0 Å². The molecular formula is C26H19O2S+. The normalized spacial score (nSPS) is 11.3. The molecule has 5 aromatic rings. The Morgan fingerprint density at radius 1 is 0.414 bits per heavy atom. The molecule has 5 rings (SSSR count). The molecule has 0 aromatic heterocycles. The van der Waals surface area contributed by atoms with Crippen molar-refractivity contribution in [3.8, 4) is 11.5 Å². The van der Waals surface area contributed by atoms with E-state index in [1.54, 1.807) is 24.3 Å². The molecule has 0 radical (unpaired) electrons. The second kappa shape index (κ2) is 7.19. The molecular weight excluding hydrogens is 376 g/mol. The molecule has 0 bridgehead atoms. The van der Waals surface area contributed by atoms with E-state index in [0.717, 1.165) is 9.79 Å². The van der Waals surface area contributed by atoms with Crippen LogP contribution in [0.3, 0.4) is 0 Å². The molecule has 0 aliphatic heterocycles. The van der Waals surface area contributed by atoms with E-state index in [1.165, 1.54) is 26.4 Å². The van der Waals surface area contributed by atoms with Crippen LogP contribution in [0.4, 0.5) is 0 Å². The number of aromatic hydroxyl groups is 2. The zero-order valence-electron chi connectivity index (χ0n) is 15.6. The van der Waals surface area contributed by atoms with Gasteiger partial charge in [0.2, 0.25) is 0 Å². The van der Waals surface area contributed by atoms with Gasteiger partial charge in [0.05, 0.1) is 10.9 Å². The fourth-order valence-corrected chi connectivity index (χ4v) is 5.70. The Hall–Kier alpha value is -3.43. The van der Waals surface area contributed by atoms with Gasteiger partial charge in [-0.25, -0.2) is 0 Å². The summed E-state index contributed by atoms with van der Waals surface area (Å²) in [5.41, 5.74) is 0. The summed E-state index contributed by atoms with van der Waals surface area (Å²) >= 11 is 0. The number of fused-ring (bicyclic) bond motifs is 2. The predicted molar refractivity (Wildman–Crippen MR) is 120 cm³/mol. The van der Waals surface area contributed by atoms with Crippen LogP contribution >= 0.6 is 0 Å². The van der Waals surface area contributed by atoms with E-state index >= 15 is 0 Å². The van der Waals surface area contributed by atoms with Gasteiger partial charge in [-0.15, -0.1) is 0 Å². The largest absolute Gasteiger partial charge is 0.508 e. The van der Waals surface area contributed by atoms with E-state index in [0.29, 0.717) is 0 Å². The predicted octanol–water partition coefficient (Wildman–Crippen LogP) is 6.50. The Balaban J connectivity index is 1.70. The smallest absolute Gasteiger partial charge is 0.167 e. The van der Waals surface area contributed by atoms with Crippen molar-refractivity contribution in [3.05, 3.63) is 103 Å². The Labute approximate surface area is 172 Å². The van der Waals surface area contributed by atoms with Gasteiger partial charge in [-0.2, -0.15) is 0 Å². The first-order valence-corrected chi connectivity index (χ1v) is 10.6. The molecule has 0 saturated carbocycles. The Morgan fingerprint density at radius 3 is 1.41 bits per heavy atom. The highest BCUT2D eigenvalue weighted by atomic mass is 32.2. The van der Waals surface area contributed by atoms with Crippen LogP contribution in [0, 0.1) is 0 Å². The molecule has 140 valence electrons. The van der Waals surface area contributed by atoms with Gasteiger partial charge in [-0.3, -0.25) is 0 Å². The molecule has 5 aromatic carbocycles. The van der Waals surface area contributed by atoms with Crippen LogP contribution in [-0.4, -0.2) is 10.2 Å². The molecule has 2 nitrogen and oxygen atoms in total. The van der Waals surface area contributed by atoms with Gasteiger partial charge in [0.1, 0.15) is 11.5 Å². The van der Waals surface area contributed by atoms with E-state index in [1.807, 2.05) is 24.3 Å². The van der Waals surface area contributed by atoms with Crippen molar-refractivity contribution in [2.45, 2.75) is 14.7 Å². The molecule has 0 unspecified atom stereocenters. The average molecular weight is 396 g/mol. The van der Waals surface area contributed by atoms with Gasteiger partial charge in [-0.05, 0) is 94.3 Å². The van der Waals surface area contributed by atoms with Crippen molar-refractivity contribution >= 4 is 32.4 Å². The van der Waals surface area contributed by atoms with Gasteiger partial charge in [0.15, 0.2) is 14.7 Å². The second-order valence-electron chi connectivity index (χ2n) is 7.00. The van der Waals surface area contributed by atoms with Crippen LogP contribution in [0.25, 0.3) is 21.5 Å². The quantitative estimate of drug-likeness (QED) is 0.270. The summed E-state index contributed by atoms with van der Waals surface area (Å²) in [5.74, 6) is 0.515. The fourth-order valence-electron chi connectivity index (χ4n) is 3.62. The molecule has 3 heteroatoms. The molecule has 0 aliphatic carbocycles. The van der Waals surface area contributed by atoms with Crippen molar-refractivity contribution in [1.29, 1.82) is 0 Å². The third-order valence-electron chi connectivity index (χ3n) is 5.06. The topological polar surface area (TPSA) is 40.5 Å². The number of rotatable bonds is 3. The maximum absolute atomic E-state index is 9.73. The number of hydrogen-bond donors (Lipinski definition) is 2. The number of hydrogen-bond acceptors (Lipinski definition) is 2. The Kier molecular flexibility index (Phi) is 4.38. The maximum Gasteiger partial charge on any atom is 0.167 e. The Bertz CT molecular complexity index is 1260. The first kappa shape index (κ1) is 17.7. The highest BCUT2D eigenvalue weighted by Gasteiger charge is 2.29. The summed E-state index contributed by atoms with van der Waals surface area (Å²) in [6, 6.07) is 34.3. The van der Waals surface area contributed by atoms with Crippen molar-refractivity contribution in [3.63, 3.8) is 0 Å². The minimum absolute atomic E-state index is 0.257. The first-order valence-electron chi connectivity index (χ1n) is 9.42. The van der Waals surface area contributed by atoms with Gasteiger partial charge < -0.3 is 10.2 Å². The fraction of sp³-hybridized carbons (Fsp3) is 0. The highest BCUT2D eigenvalue weighted by Crippen LogP contribution is 2.35. The third-order valence-corrected chi connectivity index (χ3v) is 7.27. The Morgan fingerprint density at radius 2 is 0.862 bits per heavy atom. The summed E-state index contributed by atoms with van der Waals surface area (Å²) < 4.78 is 0. The maximum atomic E-state index is 9.73. The van der Waals surface area contributed by atoms with Crippen LogP contribution in [0.2, 0.25) is 0 Å². The lowest BCUT2D eigenvalue weighted by Gasteiger charge is -2.10. The van der Waals surface area contributed by atoms with Gasteiger partial charge >= 0.3 is 0 Å². The molecule has 29 heavy (non-hydrogen) atoms. The summed E-state index contributed by atoms with van der Waals surface area (Å²) in [7, 11) is -0.343.